The van der Waals surface area contributed by atoms with Gasteiger partial charge in [0.1, 0.15) is 0 Å². The fourth-order valence-electron chi connectivity index (χ4n) is 1.69. The van der Waals surface area contributed by atoms with E-state index in [-0.39, 0.29) is 0 Å². The van der Waals surface area contributed by atoms with E-state index >= 15 is 0 Å². The van der Waals surface area contributed by atoms with Crippen molar-refractivity contribution in [2.24, 2.45) is 5.92 Å². The first-order chi connectivity index (χ1) is 6.27. The zero-order valence-corrected chi connectivity index (χ0v) is 8.56. The summed E-state index contributed by atoms with van der Waals surface area (Å²) >= 11 is 5.17. The van der Waals surface area contributed by atoms with Gasteiger partial charge in [0.15, 0.2) is 4.77 Å². The number of imidazole rings is 1. The molecule has 1 aliphatic heterocycles. The molecule has 2 rings (SSSR count). The molecule has 0 amide bonds. The van der Waals surface area contributed by atoms with Gasteiger partial charge < -0.3 is 14.3 Å². The van der Waals surface area contributed by atoms with Crippen molar-refractivity contribution in [2.45, 2.75) is 19.9 Å². The van der Waals surface area contributed by atoms with Crippen molar-refractivity contribution < 1.29 is 4.74 Å². The van der Waals surface area contributed by atoms with Gasteiger partial charge in [-0.2, -0.15) is 0 Å². The van der Waals surface area contributed by atoms with Gasteiger partial charge in [0, 0.05) is 31.0 Å². The average Bonchev–Trinajstić information content (AvgIpc) is 2.70. The molecule has 1 aliphatic rings. The Hall–Kier alpha value is -0.610. The quantitative estimate of drug-likeness (QED) is 0.735. The molecule has 0 bridgehead atoms. The van der Waals surface area contributed by atoms with E-state index in [9.17, 15) is 0 Å². The summed E-state index contributed by atoms with van der Waals surface area (Å²) in [7, 11) is 0. The van der Waals surface area contributed by atoms with Gasteiger partial charge in [-0.3, -0.25) is 0 Å². The third-order valence-electron chi connectivity index (χ3n) is 2.54. The minimum atomic E-state index is 0.640. The Balaban J connectivity index is 2.12. The Morgan fingerprint density at radius 1 is 1.77 bits per heavy atom. The standard InChI is InChI=1S/C9H14N2OS/c1-7-4-10-9(13)11(7)5-8-2-3-12-6-8/h4,8H,2-3,5-6H2,1H3,(H,10,13). The van der Waals surface area contributed by atoms with E-state index < -0.39 is 0 Å². The largest absolute Gasteiger partial charge is 0.381 e. The van der Waals surface area contributed by atoms with Crippen molar-refractivity contribution >= 4 is 12.2 Å². The van der Waals surface area contributed by atoms with Gasteiger partial charge in [-0.1, -0.05) is 0 Å². The van der Waals surface area contributed by atoms with Crippen LogP contribution in [0.2, 0.25) is 0 Å². The number of ether oxygens (including phenoxy) is 1. The van der Waals surface area contributed by atoms with Crippen molar-refractivity contribution in [3.8, 4) is 0 Å². The van der Waals surface area contributed by atoms with Crippen LogP contribution in [0, 0.1) is 17.6 Å². The topological polar surface area (TPSA) is 29.9 Å². The molecular formula is C9H14N2OS. The van der Waals surface area contributed by atoms with E-state index in [1.54, 1.807) is 0 Å². The van der Waals surface area contributed by atoms with Crippen molar-refractivity contribution in [1.82, 2.24) is 9.55 Å². The SMILES string of the molecule is Cc1c[nH]c(=S)n1CC1CCOC1. The van der Waals surface area contributed by atoms with Crippen LogP contribution in [0.5, 0.6) is 0 Å². The van der Waals surface area contributed by atoms with Crippen LogP contribution in [0.25, 0.3) is 0 Å². The summed E-state index contributed by atoms with van der Waals surface area (Å²) in [6, 6.07) is 0. The molecule has 0 aromatic carbocycles. The van der Waals surface area contributed by atoms with Gasteiger partial charge in [0.05, 0.1) is 6.61 Å². The maximum Gasteiger partial charge on any atom is 0.177 e. The number of aromatic nitrogens is 2. The number of nitrogens with one attached hydrogen (secondary N) is 1. The van der Waals surface area contributed by atoms with Crippen LogP contribution >= 0.6 is 12.2 Å². The summed E-state index contributed by atoms with van der Waals surface area (Å²) in [5.41, 5.74) is 1.21. The van der Waals surface area contributed by atoms with E-state index in [1.165, 1.54) is 5.69 Å². The highest BCUT2D eigenvalue weighted by molar-refractivity contribution is 7.71. The molecular weight excluding hydrogens is 184 g/mol. The minimum absolute atomic E-state index is 0.640. The van der Waals surface area contributed by atoms with Crippen molar-refractivity contribution in [2.75, 3.05) is 13.2 Å². The molecule has 0 radical (unpaired) electrons. The van der Waals surface area contributed by atoms with E-state index in [4.69, 9.17) is 17.0 Å². The molecule has 1 atom stereocenters. The molecule has 1 fully saturated rings. The Bertz CT molecular complexity index is 336. The molecule has 4 heteroatoms. The second kappa shape index (κ2) is 3.64. The van der Waals surface area contributed by atoms with Crippen LogP contribution < -0.4 is 0 Å². The lowest BCUT2D eigenvalue weighted by atomic mass is 10.1. The maximum atomic E-state index is 5.33. The third kappa shape index (κ3) is 1.84. The number of rotatable bonds is 2. The average molecular weight is 198 g/mol. The second-order valence-corrected chi connectivity index (χ2v) is 3.96. The van der Waals surface area contributed by atoms with E-state index in [0.29, 0.717) is 5.92 Å². The lowest BCUT2D eigenvalue weighted by Gasteiger charge is -2.09. The fraction of sp³-hybridized carbons (Fsp3) is 0.667. The molecule has 72 valence electrons. The maximum absolute atomic E-state index is 5.33. The smallest absolute Gasteiger partial charge is 0.177 e. The molecule has 3 nitrogen and oxygen atoms in total. The van der Waals surface area contributed by atoms with Gasteiger partial charge >= 0.3 is 0 Å². The number of aromatic amines is 1. The molecule has 0 spiro atoms. The van der Waals surface area contributed by atoms with Gasteiger partial charge in [0.2, 0.25) is 0 Å². The zero-order valence-electron chi connectivity index (χ0n) is 7.75. The molecule has 1 aromatic heterocycles. The predicted octanol–water partition coefficient (Wildman–Crippen LogP) is 1.89. The fourth-order valence-corrected chi connectivity index (χ4v) is 1.97. The van der Waals surface area contributed by atoms with Crippen molar-refractivity contribution in [3.05, 3.63) is 16.7 Å². The lowest BCUT2D eigenvalue weighted by Crippen LogP contribution is -2.11. The van der Waals surface area contributed by atoms with Crippen LogP contribution in [0.4, 0.5) is 0 Å². The normalized spacial score (nSPS) is 22.4. The molecule has 1 aromatic rings. The molecule has 13 heavy (non-hydrogen) atoms. The van der Waals surface area contributed by atoms with E-state index in [1.807, 2.05) is 6.20 Å². The molecule has 0 saturated carbocycles. The van der Waals surface area contributed by atoms with E-state index in [2.05, 4.69) is 16.5 Å². The number of nitrogens with zero attached hydrogens (tertiary/aromatic N) is 1. The van der Waals surface area contributed by atoms with Crippen LogP contribution in [0.15, 0.2) is 6.20 Å². The Morgan fingerprint density at radius 2 is 2.62 bits per heavy atom. The summed E-state index contributed by atoms with van der Waals surface area (Å²) in [5, 5.41) is 0. The highest BCUT2D eigenvalue weighted by Crippen LogP contribution is 2.15. The minimum Gasteiger partial charge on any atom is -0.381 e. The highest BCUT2D eigenvalue weighted by Gasteiger charge is 2.16. The molecule has 1 unspecified atom stereocenters. The first-order valence-corrected chi connectivity index (χ1v) is 5.01. The molecule has 0 aliphatic carbocycles. The molecule has 1 saturated heterocycles. The van der Waals surface area contributed by atoms with Crippen LogP contribution in [0.3, 0.4) is 0 Å². The second-order valence-electron chi connectivity index (χ2n) is 3.58. The number of H-pyrrole nitrogens is 1. The Labute approximate surface area is 82.7 Å². The summed E-state index contributed by atoms with van der Waals surface area (Å²) in [5.74, 6) is 0.640. The van der Waals surface area contributed by atoms with Gasteiger partial charge in [-0.25, -0.2) is 0 Å². The number of hydrogen-bond donors (Lipinski definition) is 1. The summed E-state index contributed by atoms with van der Waals surface area (Å²) in [6.45, 7) is 4.85. The third-order valence-corrected chi connectivity index (χ3v) is 2.88. The van der Waals surface area contributed by atoms with Crippen LogP contribution in [-0.2, 0) is 11.3 Å². The summed E-state index contributed by atoms with van der Waals surface area (Å²) < 4.78 is 8.30. The van der Waals surface area contributed by atoms with Gasteiger partial charge in [-0.15, -0.1) is 0 Å². The molecule has 1 N–H and O–H groups in total. The highest BCUT2D eigenvalue weighted by atomic mass is 32.1. The monoisotopic (exact) mass is 198 g/mol. The van der Waals surface area contributed by atoms with Crippen LogP contribution in [0.1, 0.15) is 12.1 Å². The lowest BCUT2D eigenvalue weighted by molar-refractivity contribution is 0.182. The summed E-state index contributed by atoms with van der Waals surface area (Å²) in [6.07, 6.45) is 3.12. The summed E-state index contributed by atoms with van der Waals surface area (Å²) in [4.78, 5) is 3.05. The first-order valence-electron chi connectivity index (χ1n) is 4.60. The Morgan fingerprint density at radius 3 is 3.15 bits per heavy atom. The number of aryl methyl sites for hydroxylation is 1. The van der Waals surface area contributed by atoms with Gasteiger partial charge in [0.25, 0.3) is 0 Å². The van der Waals surface area contributed by atoms with E-state index in [0.717, 1.165) is 31.0 Å². The molecule has 2 heterocycles. The van der Waals surface area contributed by atoms with Crippen LogP contribution in [-0.4, -0.2) is 22.8 Å². The Kier molecular flexibility index (Phi) is 2.51. The van der Waals surface area contributed by atoms with Crippen molar-refractivity contribution in [1.29, 1.82) is 0 Å². The van der Waals surface area contributed by atoms with Crippen molar-refractivity contribution in [3.63, 3.8) is 0 Å². The zero-order chi connectivity index (χ0) is 9.26. The van der Waals surface area contributed by atoms with Gasteiger partial charge in [-0.05, 0) is 25.6 Å². The number of hydrogen-bond acceptors (Lipinski definition) is 2. The predicted molar refractivity (Wildman–Crippen MR) is 53.3 cm³/mol. The first kappa shape index (κ1) is 8.97.